The number of nitrogen functional groups attached to an aromatic ring is 1. The van der Waals surface area contributed by atoms with Gasteiger partial charge in [-0.15, -0.1) is 0 Å². The van der Waals surface area contributed by atoms with Crippen molar-refractivity contribution in [2.45, 2.75) is 37.7 Å². The number of nitrogens with one attached hydrogen (secondary N) is 1. The predicted octanol–water partition coefficient (Wildman–Crippen LogP) is 1.19. The third-order valence-electron chi connectivity index (χ3n) is 3.50. The van der Waals surface area contributed by atoms with Gasteiger partial charge in [0.05, 0.1) is 11.5 Å². The van der Waals surface area contributed by atoms with Crippen molar-refractivity contribution in [3.63, 3.8) is 0 Å². The minimum atomic E-state index is -0.378. The van der Waals surface area contributed by atoms with E-state index in [2.05, 4.69) is 5.32 Å². The standard InChI is InChI=1S/C14H20N2O2/c1-10(17)6-9-16-13(18)14(7-8-14)11-2-4-12(15)5-3-11/h2-5,10,17H,6-9,15H2,1H3,(H,16,18). The quantitative estimate of drug-likeness (QED) is 0.685. The highest BCUT2D eigenvalue weighted by Crippen LogP contribution is 2.48. The molecule has 1 aromatic rings. The summed E-state index contributed by atoms with van der Waals surface area (Å²) in [4.78, 5) is 12.2. The molecule has 0 aromatic heterocycles. The number of amides is 1. The molecule has 4 nitrogen and oxygen atoms in total. The molecule has 1 unspecified atom stereocenters. The number of aliphatic hydroxyl groups excluding tert-OH is 1. The molecule has 0 radical (unpaired) electrons. The molecule has 0 saturated heterocycles. The number of carbonyl (C=O) groups excluding carboxylic acids is 1. The maximum absolute atomic E-state index is 12.2. The number of nitrogens with two attached hydrogens (primary N) is 1. The van der Waals surface area contributed by atoms with Gasteiger partial charge < -0.3 is 16.2 Å². The van der Waals surface area contributed by atoms with E-state index >= 15 is 0 Å². The number of aliphatic hydroxyl groups is 1. The molecule has 2 rings (SSSR count). The van der Waals surface area contributed by atoms with Crippen LogP contribution in [0.3, 0.4) is 0 Å². The van der Waals surface area contributed by atoms with E-state index in [1.165, 1.54) is 0 Å². The molecule has 0 spiro atoms. The Kier molecular flexibility index (Phi) is 3.57. The molecular formula is C14H20N2O2. The molecule has 1 saturated carbocycles. The number of anilines is 1. The van der Waals surface area contributed by atoms with Crippen LogP contribution >= 0.6 is 0 Å². The zero-order chi connectivity index (χ0) is 13.2. The molecule has 4 N–H and O–H groups in total. The van der Waals surface area contributed by atoms with E-state index in [1.807, 2.05) is 24.3 Å². The smallest absolute Gasteiger partial charge is 0.230 e. The summed E-state index contributed by atoms with van der Waals surface area (Å²) in [6.07, 6.45) is 1.98. The zero-order valence-corrected chi connectivity index (χ0v) is 10.6. The van der Waals surface area contributed by atoms with E-state index < -0.39 is 0 Å². The van der Waals surface area contributed by atoms with Gasteiger partial charge in [0.1, 0.15) is 0 Å². The van der Waals surface area contributed by atoms with Crippen molar-refractivity contribution in [1.29, 1.82) is 0 Å². The fourth-order valence-electron chi connectivity index (χ4n) is 2.14. The van der Waals surface area contributed by atoms with Gasteiger partial charge in [-0.3, -0.25) is 4.79 Å². The molecule has 1 aliphatic rings. The Morgan fingerprint density at radius 3 is 2.56 bits per heavy atom. The van der Waals surface area contributed by atoms with Crippen LogP contribution in [0.25, 0.3) is 0 Å². The number of carbonyl (C=O) groups is 1. The van der Waals surface area contributed by atoms with Crippen molar-refractivity contribution in [3.05, 3.63) is 29.8 Å². The summed E-state index contributed by atoms with van der Waals surface area (Å²) in [5, 5.41) is 12.1. The second-order valence-electron chi connectivity index (χ2n) is 5.10. The minimum absolute atomic E-state index is 0.0629. The van der Waals surface area contributed by atoms with Crippen molar-refractivity contribution in [1.82, 2.24) is 5.32 Å². The van der Waals surface area contributed by atoms with Gasteiger partial charge in [0, 0.05) is 12.2 Å². The van der Waals surface area contributed by atoms with Crippen molar-refractivity contribution in [3.8, 4) is 0 Å². The normalized spacial score (nSPS) is 18.1. The van der Waals surface area contributed by atoms with Crippen LogP contribution in [0.4, 0.5) is 5.69 Å². The molecule has 4 heteroatoms. The minimum Gasteiger partial charge on any atom is -0.399 e. The number of benzene rings is 1. The molecule has 1 aliphatic carbocycles. The second kappa shape index (κ2) is 4.98. The molecule has 18 heavy (non-hydrogen) atoms. The molecule has 1 aromatic carbocycles. The Bertz CT molecular complexity index is 422. The van der Waals surface area contributed by atoms with Gasteiger partial charge in [0.2, 0.25) is 5.91 Å². The molecule has 1 fully saturated rings. The first-order chi connectivity index (χ1) is 8.54. The Labute approximate surface area is 107 Å². The van der Waals surface area contributed by atoms with Crippen LogP contribution in [0.2, 0.25) is 0 Å². The second-order valence-corrected chi connectivity index (χ2v) is 5.10. The Balaban J connectivity index is 1.98. The SMILES string of the molecule is CC(O)CCNC(=O)C1(c2ccc(N)cc2)CC1. The average Bonchev–Trinajstić information content (AvgIpc) is 3.10. The largest absolute Gasteiger partial charge is 0.399 e. The highest BCUT2D eigenvalue weighted by Gasteiger charge is 2.50. The Morgan fingerprint density at radius 1 is 1.44 bits per heavy atom. The maximum Gasteiger partial charge on any atom is 0.230 e. The van der Waals surface area contributed by atoms with E-state index in [1.54, 1.807) is 6.92 Å². The van der Waals surface area contributed by atoms with E-state index in [-0.39, 0.29) is 17.4 Å². The van der Waals surface area contributed by atoms with Gasteiger partial charge in [-0.25, -0.2) is 0 Å². The summed E-state index contributed by atoms with van der Waals surface area (Å²) in [5.41, 5.74) is 7.04. The summed E-state index contributed by atoms with van der Waals surface area (Å²) in [5.74, 6) is 0.0629. The fourth-order valence-corrected chi connectivity index (χ4v) is 2.14. The van der Waals surface area contributed by atoms with Crippen LogP contribution in [-0.4, -0.2) is 23.7 Å². The summed E-state index contributed by atoms with van der Waals surface area (Å²) in [6.45, 7) is 2.24. The van der Waals surface area contributed by atoms with Gasteiger partial charge in [-0.1, -0.05) is 12.1 Å². The molecule has 1 atom stereocenters. The van der Waals surface area contributed by atoms with Gasteiger partial charge in [0.15, 0.2) is 0 Å². The molecule has 0 aliphatic heterocycles. The monoisotopic (exact) mass is 248 g/mol. The fraction of sp³-hybridized carbons (Fsp3) is 0.500. The first-order valence-electron chi connectivity index (χ1n) is 6.37. The van der Waals surface area contributed by atoms with Gasteiger partial charge >= 0.3 is 0 Å². The van der Waals surface area contributed by atoms with E-state index in [9.17, 15) is 4.79 Å². The van der Waals surface area contributed by atoms with Crippen LogP contribution in [0.1, 0.15) is 31.7 Å². The van der Waals surface area contributed by atoms with Crippen LogP contribution in [0, 0.1) is 0 Å². The predicted molar refractivity (Wildman–Crippen MR) is 71.1 cm³/mol. The van der Waals surface area contributed by atoms with Gasteiger partial charge in [-0.2, -0.15) is 0 Å². The maximum atomic E-state index is 12.2. The molecular weight excluding hydrogens is 228 g/mol. The van der Waals surface area contributed by atoms with Crippen molar-refractivity contribution >= 4 is 11.6 Å². The lowest BCUT2D eigenvalue weighted by Crippen LogP contribution is -2.36. The van der Waals surface area contributed by atoms with Crippen molar-refractivity contribution < 1.29 is 9.90 Å². The van der Waals surface area contributed by atoms with Crippen LogP contribution < -0.4 is 11.1 Å². The molecule has 0 bridgehead atoms. The average molecular weight is 248 g/mol. The van der Waals surface area contributed by atoms with E-state index in [4.69, 9.17) is 10.8 Å². The first-order valence-corrected chi connectivity index (χ1v) is 6.37. The molecule has 0 heterocycles. The van der Waals surface area contributed by atoms with Crippen LogP contribution in [0.15, 0.2) is 24.3 Å². The number of rotatable bonds is 5. The lowest BCUT2D eigenvalue weighted by molar-refractivity contribution is -0.123. The van der Waals surface area contributed by atoms with Crippen molar-refractivity contribution in [2.75, 3.05) is 12.3 Å². The number of hydrogen-bond acceptors (Lipinski definition) is 3. The third-order valence-corrected chi connectivity index (χ3v) is 3.50. The zero-order valence-electron chi connectivity index (χ0n) is 10.6. The summed E-state index contributed by atoms with van der Waals surface area (Å²) in [7, 11) is 0. The third kappa shape index (κ3) is 2.64. The lowest BCUT2D eigenvalue weighted by Gasteiger charge is -2.16. The molecule has 1 amide bonds. The van der Waals surface area contributed by atoms with Gasteiger partial charge in [0.25, 0.3) is 0 Å². The topological polar surface area (TPSA) is 75.3 Å². The Hall–Kier alpha value is -1.55. The highest BCUT2D eigenvalue weighted by molar-refractivity contribution is 5.91. The summed E-state index contributed by atoms with van der Waals surface area (Å²) < 4.78 is 0. The van der Waals surface area contributed by atoms with Crippen LogP contribution in [0.5, 0.6) is 0 Å². The summed E-state index contributed by atoms with van der Waals surface area (Å²) in [6, 6.07) is 7.52. The number of hydrogen-bond donors (Lipinski definition) is 3. The highest BCUT2D eigenvalue weighted by atomic mass is 16.3. The van der Waals surface area contributed by atoms with Crippen LogP contribution in [-0.2, 0) is 10.2 Å². The Morgan fingerprint density at radius 2 is 2.06 bits per heavy atom. The van der Waals surface area contributed by atoms with E-state index in [0.717, 1.165) is 18.4 Å². The summed E-state index contributed by atoms with van der Waals surface area (Å²) >= 11 is 0. The van der Waals surface area contributed by atoms with Crippen molar-refractivity contribution in [2.24, 2.45) is 0 Å². The van der Waals surface area contributed by atoms with E-state index in [0.29, 0.717) is 18.7 Å². The first kappa shape index (κ1) is 12.9. The lowest BCUT2D eigenvalue weighted by atomic mass is 9.94. The molecule has 98 valence electrons. The van der Waals surface area contributed by atoms with Gasteiger partial charge in [-0.05, 0) is 43.9 Å².